The van der Waals surface area contributed by atoms with E-state index in [0.717, 1.165) is 43.3 Å². The molecular formula is C15H24N2O. The second kappa shape index (κ2) is 3.72. The molecule has 1 amide bonds. The molecule has 0 spiro atoms. The standard InChI is InChI=1S/C15H24N2O/c1-15(4-5-16-7-15)8-17-14(18)13-11-9-2-3-10(6-9)12(11)13/h9-13,16H,2-8H2,1H3,(H,17,18). The van der Waals surface area contributed by atoms with Crippen molar-refractivity contribution in [1.82, 2.24) is 10.6 Å². The summed E-state index contributed by atoms with van der Waals surface area (Å²) in [7, 11) is 0. The van der Waals surface area contributed by atoms with Gasteiger partial charge in [0.15, 0.2) is 0 Å². The highest BCUT2D eigenvalue weighted by Crippen LogP contribution is 2.69. The third-order valence-electron chi connectivity index (χ3n) is 6.18. The van der Waals surface area contributed by atoms with Crippen molar-refractivity contribution < 1.29 is 4.79 Å². The van der Waals surface area contributed by atoms with Crippen LogP contribution in [0.3, 0.4) is 0 Å². The van der Waals surface area contributed by atoms with Crippen LogP contribution < -0.4 is 10.6 Å². The van der Waals surface area contributed by atoms with E-state index in [9.17, 15) is 4.79 Å². The fourth-order valence-corrected chi connectivity index (χ4v) is 5.11. The monoisotopic (exact) mass is 248 g/mol. The molecule has 1 heterocycles. The highest BCUT2D eigenvalue weighted by molar-refractivity contribution is 5.82. The molecule has 0 aromatic rings. The van der Waals surface area contributed by atoms with Crippen LogP contribution in [-0.2, 0) is 4.79 Å². The van der Waals surface area contributed by atoms with Crippen LogP contribution in [0, 0.1) is 35.0 Å². The molecule has 1 aliphatic heterocycles. The number of hydrogen-bond donors (Lipinski definition) is 2. The van der Waals surface area contributed by atoms with E-state index >= 15 is 0 Å². The summed E-state index contributed by atoms with van der Waals surface area (Å²) in [5.74, 6) is 4.12. The van der Waals surface area contributed by atoms with E-state index in [1.165, 1.54) is 25.7 Å². The van der Waals surface area contributed by atoms with Crippen molar-refractivity contribution in [2.24, 2.45) is 35.0 Å². The van der Waals surface area contributed by atoms with Crippen LogP contribution in [0.25, 0.3) is 0 Å². The number of fused-ring (bicyclic) bond motifs is 5. The lowest BCUT2D eigenvalue weighted by molar-refractivity contribution is -0.123. The smallest absolute Gasteiger partial charge is 0.223 e. The Morgan fingerprint density at radius 2 is 2.06 bits per heavy atom. The van der Waals surface area contributed by atoms with Crippen LogP contribution in [-0.4, -0.2) is 25.5 Å². The molecule has 0 aromatic heterocycles. The molecule has 2 bridgehead atoms. The van der Waals surface area contributed by atoms with Gasteiger partial charge in [-0.3, -0.25) is 4.79 Å². The summed E-state index contributed by atoms with van der Waals surface area (Å²) >= 11 is 0. The van der Waals surface area contributed by atoms with Gasteiger partial charge in [-0.05, 0) is 61.3 Å². The fraction of sp³-hybridized carbons (Fsp3) is 0.933. The topological polar surface area (TPSA) is 41.1 Å². The van der Waals surface area contributed by atoms with Gasteiger partial charge < -0.3 is 10.6 Å². The van der Waals surface area contributed by atoms with Crippen molar-refractivity contribution in [3.05, 3.63) is 0 Å². The molecule has 4 rings (SSSR count). The number of hydrogen-bond acceptors (Lipinski definition) is 2. The Bertz CT molecular complexity index is 359. The lowest BCUT2D eigenvalue weighted by Crippen LogP contribution is -2.38. The average Bonchev–Trinajstić information content (AvgIpc) is 2.72. The molecule has 0 aromatic carbocycles. The average molecular weight is 248 g/mol. The third-order valence-corrected chi connectivity index (χ3v) is 6.18. The maximum atomic E-state index is 12.3. The Labute approximate surface area is 109 Å². The van der Waals surface area contributed by atoms with Gasteiger partial charge in [0.2, 0.25) is 5.91 Å². The summed E-state index contributed by atoms with van der Waals surface area (Å²) in [6.45, 7) is 5.30. The van der Waals surface area contributed by atoms with Gasteiger partial charge in [-0.2, -0.15) is 0 Å². The number of rotatable bonds is 3. The molecule has 0 radical (unpaired) electrons. The van der Waals surface area contributed by atoms with Gasteiger partial charge in [-0.25, -0.2) is 0 Å². The summed E-state index contributed by atoms with van der Waals surface area (Å²) in [6.07, 6.45) is 5.42. The molecule has 3 aliphatic carbocycles. The molecule has 2 N–H and O–H groups in total. The summed E-state index contributed by atoms with van der Waals surface area (Å²) in [4.78, 5) is 12.3. The minimum atomic E-state index is 0.290. The van der Waals surface area contributed by atoms with E-state index in [-0.39, 0.29) is 0 Å². The maximum Gasteiger partial charge on any atom is 0.223 e. The second-order valence-corrected chi connectivity index (χ2v) is 7.47. The summed E-state index contributed by atoms with van der Waals surface area (Å²) < 4.78 is 0. The van der Waals surface area contributed by atoms with Crippen molar-refractivity contribution >= 4 is 5.91 Å². The molecule has 5 unspecified atom stereocenters. The van der Waals surface area contributed by atoms with Crippen molar-refractivity contribution in [2.45, 2.75) is 32.6 Å². The predicted molar refractivity (Wildman–Crippen MR) is 69.9 cm³/mol. The van der Waals surface area contributed by atoms with Gasteiger partial charge in [0.05, 0.1) is 0 Å². The van der Waals surface area contributed by atoms with Crippen LogP contribution in [0.4, 0.5) is 0 Å². The second-order valence-electron chi connectivity index (χ2n) is 7.47. The zero-order valence-electron chi connectivity index (χ0n) is 11.2. The number of carbonyl (C=O) groups excluding carboxylic acids is 1. The normalized spacial score (nSPS) is 52.4. The van der Waals surface area contributed by atoms with Crippen molar-refractivity contribution in [1.29, 1.82) is 0 Å². The van der Waals surface area contributed by atoms with Crippen LogP contribution >= 0.6 is 0 Å². The number of amides is 1. The molecule has 4 fully saturated rings. The van der Waals surface area contributed by atoms with E-state index in [1.807, 2.05) is 0 Å². The molecule has 18 heavy (non-hydrogen) atoms. The van der Waals surface area contributed by atoms with Gasteiger partial charge in [-0.1, -0.05) is 6.92 Å². The third kappa shape index (κ3) is 1.56. The SMILES string of the molecule is CC1(CNC(=O)C2C3C4CCC(C4)C23)CCNC1. The first-order chi connectivity index (χ1) is 8.68. The van der Waals surface area contributed by atoms with Crippen molar-refractivity contribution in [2.75, 3.05) is 19.6 Å². The van der Waals surface area contributed by atoms with Gasteiger partial charge in [0.1, 0.15) is 0 Å². The Hall–Kier alpha value is -0.570. The lowest BCUT2D eigenvalue weighted by Gasteiger charge is -2.23. The molecule has 5 atom stereocenters. The highest BCUT2D eigenvalue weighted by atomic mass is 16.2. The van der Waals surface area contributed by atoms with E-state index in [1.54, 1.807) is 0 Å². The Balaban J connectivity index is 1.33. The molecule has 3 heteroatoms. The number of carbonyl (C=O) groups is 1. The minimum absolute atomic E-state index is 0.290. The van der Waals surface area contributed by atoms with Crippen LogP contribution in [0.1, 0.15) is 32.6 Å². The van der Waals surface area contributed by atoms with Crippen molar-refractivity contribution in [3.63, 3.8) is 0 Å². The van der Waals surface area contributed by atoms with Gasteiger partial charge in [-0.15, -0.1) is 0 Å². The largest absolute Gasteiger partial charge is 0.355 e. The molecule has 1 saturated heterocycles. The first-order valence-corrected chi connectivity index (χ1v) is 7.66. The van der Waals surface area contributed by atoms with E-state index in [4.69, 9.17) is 0 Å². The summed E-state index contributed by atoms with van der Waals surface area (Å²) in [5.41, 5.74) is 0.290. The summed E-state index contributed by atoms with van der Waals surface area (Å²) in [5, 5.41) is 6.64. The molecule has 3 nitrogen and oxygen atoms in total. The van der Waals surface area contributed by atoms with Crippen LogP contribution in [0.2, 0.25) is 0 Å². The first-order valence-electron chi connectivity index (χ1n) is 7.66. The Morgan fingerprint density at radius 3 is 2.67 bits per heavy atom. The fourth-order valence-electron chi connectivity index (χ4n) is 5.11. The molecular weight excluding hydrogens is 224 g/mol. The zero-order valence-corrected chi connectivity index (χ0v) is 11.2. The van der Waals surface area contributed by atoms with Gasteiger partial charge in [0, 0.05) is 19.0 Å². The van der Waals surface area contributed by atoms with Crippen molar-refractivity contribution in [3.8, 4) is 0 Å². The first kappa shape index (κ1) is 11.3. The molecule has 4 aliphatic rings. The quantitative estimate of drug-likeness (QED) is 0.792. The van der Waals surface area contributed by atoms with Crippen LogP contribution in [0.15, 0.2) is 0 Å². The zero-order chi connectivity index (χ0) is 12.3. The van der Waals surface area contributed by atoms with E-state index < -0.39 is 0 Å². The molecule has 100 valence electrons. The minimum Gasteiger partial charge on any atom is -0.355 e. The van der Waals surface area contributed by atoms with Crippen LogP contribution in [0.5, 0.6) is 0 Å². The van der Waals surface area contributed by atoms with Gasteiger partial charge >= 0.3 is 0 Å². The summed E-state index contributed by atoms with van der Waals surface area (Å²) in [6, 6.07) is 0. The predicted octanol–water partition coefficient (Wildman–Crippen LogP) is 1.39. The van der Waals surface area contributed by atoms with E-state index in [2.05, 4.69) is 17.6 Å². The van der Waals surface area contributed by atoms with E-state index in [0.29, 0.717) is 17.2 Å². The molecule has 3 saturated carbocycles. The Kier molecular flexibility index (Phi) is 2.33. The lowest BCUT2D eigenvalue weighted by atomic mass is 9.90. The Morgan fingerprint density at radius 1 is 1.33 bits per heavy atom. The highest BCUT2D eigenvalue weighted by Gasteiger charge is 2.67. The van der Waals surface area contributed by atoms with Gasteiger partial charge in [0.25, 0.3) is 0 Å². The maximum absolute atomic E-state index is 12.3. The number of nitrogens with one attached hydrogen (secondary N) is 2.